The molecule has 15 heavy (non-hydrogen) atoms. The molecule has 1 aliphatic carbocycles. The van der Waals surface area contributed by atoms with Gasteiger partial charge in [0, 0.05) is 9.49 Å². The molecule has 0 aromatic heterocycles. The van der Waals surface area contributed by atoms with Crippen LogP contribution in [0.15, 0.2) is 24.3 Å². The van der Waals surface area contributed by atoms with Crippen molar-refractivity contribution >= 4 is 47.0 Å². The zero-order valence-electron chi connectivity index (χ0n) is 8.25. The number of carbonyl (C=O) groups excluding carboxylic acids is 1. The Morgan fingerprint density at radius 2 is 2.13 bits per heavy atom. The molecule has 0 bridgehead atoms. The molecule has 0 saturated heterocycles. The van der Waals surface area contributed by atoms with E-state index in [0.29, 0.717) is 11.7 Å². The van der Waals surface area contributed by atoms with Crippen molar-refractivity contribution in [3.8, 4) is 0 Å². The number of rotatable bonds is 4. The maximum atomic E-state index is 11.9. The van der Waals surface area contributed by atoms with Gasteiger partial charge in [0.1, 0.15) is 0 Å². The van der Waals surface area contributed by atoms with Gasteiger partial charge in [-0.3, -0.25) is 4.79 Å². The van der Waals surface area contributed by atoms with E-state index in [1.165, 1.54) is 3.57 Å². The third kappa shape index (κ3) is 2.56. The normalized spacial score (nSPS) is 17.4. The van der Waals surface area contributed by atoms with Crippen molar-refractivity contribution in [1.82, 2.24) is 0 Å². The highest BCUT2D eigenvalue weighted by Crippen LogP contribution is 2.39. The van der Waals surface area contributed by atoms with Crippen LogP contribution in [0.2, 0.25) is 0 Å². The first kappa shape index (κ1) is 11.5. The molecule has 1 aliphatic rings. The van der Waals surface area contributed by atoms with E-state index in [1.807, 2.05) is 18.2 Å². The Kier molecular flexibility index (Phi) is 3.72. The molecule has 1 nitrogen and oxygen atoms in total. The molecule has 0 spiro atoms. The van der Waals surface area contributed by atoms with Gasteiger partial charge in [-0.05, 0) is 24.5 Å². The van der Waals surface area contributed by atoms with Crippen LogP contribution >= 0.6 is 36.7 Å². The van der Waals surface area contributed by atoms with Crippen molar-refractivity contribution in [2.45, 2.75) is 17.7 Å². The number of hydrogen-bond donors (Lipinski definition) is 0. The minimum absolute atomic E-state index is 0.109. The Morgan fingerprint density at radius 1 is 1.47 bits per heavy atom. The predicted octanol–water partition coefficient (Wildman–Crippen LogP) is 3.67. The van der Waals surface area contributed by atoms with Crippen molar-refractivity contribution in [2.24, 2.45) is 5.92 Å². The van der Waals surface area contributed by atoms with Gasteiger partial charge in [0.15, 0.2) is 5.78 Å². The van der Waals surface area contributed by atoms with Crippen molar-refractivity contribution in [3.63, 3.8) is 0 Å². The summed E-state index contributed by atoms with van der Waals surface area (Å²) in [6.07, 6.45) is 2.14. The summed E-state index contributed by atoms with van der Waals surface area (Å²) < 4.78 is 5.27. The van der Waals surface area contributed by atoms with Gasteiger partial charge < -0.3 is 0 Å². The van der Waals surface area contributed by atoms with E-state index in [9.17, 15) is 4.79 Å². The van der Waals surface area contributed by atoms with Crippen LogP contribution in [0.25, 0.3) is 0 Å². The summed E-state index contributed by atoms with van der Waals surface area (Å²) in [6.45, 7) is 0. The third-order valence-corrected chi connectivity index (χ3v) is 5.30. The predicted molar refractivity (Wildman–Crippen MR) is 75.7 cm³/mol. The summed E-state index contributed by atoms with van der Waals surface area (Å²) in [5.74, 6) is 0.658. The van der Waals surface area contributed by atoms with Crippen LogP contribution < -0.4 is 0 Å². The molecule has 1 atom stereocenters. The van der Waals surface area contributed by atoms with Gasteiger partial charge >= 0.3 is 0 Å². The van der Waals surface area contributed by atoms with E-state index >= 15 is 0 Å². The molecule has 1 saturated carbocycles. The average molecular weight is 379 g/mol. The summed E-state index contributed by atoms with van der Waals surface area (Å²) in [5, 5.41) is 0. The van der Waals surface area contributed by atoms with Crippen LogP contribution in [-0.2, 0) is 4.79 Å². The van der Waals surface area contributed by atoms with Gasteiger partial charge in [0.05, 0.1) is 4.83 Å². The highest BCUT2D eigenvalue weighted by molar-refractivity contribution is 14.2. The minimum Gasteiger partial charge on any atom is -0.298 e. The molecule has 3 heteroatoms. The first-order valence-electron chi connectivity index (χ1n) is 4.89. The Hall–Kier alpha value is -0.0300. The zero-order chi connectivity index (χ0) is 10.8. The Labute approximate surface area is 108 Å². The number of halogens is 2. The van der Waals surface area contributed by atoms with Gasteiger partial charge in [0.2, 0.25) is 0 Å². The zero-order valence-corrected chi connectivity index (χ0v) is 12.0. The third-order valence-electron chi connectivity index (χ3n) is 2.55. The molecule has 2 rings (SSSR count). The number of carbonyl (C=O) groups is 1. The van der Waals surface area contributed by atoms with Crippen molar-refractivity contribution in [2.75, 3.05) is 0 Å². The number of hydrogen-bond acceptors (Lipinski definition) is 1. The van der Waals surface area contributed by atoms with E-state index in [4.69, 9.17) is 0 Å². The number of benzene rings is 1. The minimum atomic E-state index is -0.203. The number of ketones is 1. The largest absolute Gasteiger partial charge is 0.298 e. The van der Waals surface area contributed by atoms with Crippen molar-refractivity contribution in [1.29, 1.82) is 0 Å². The lowest BCUT2D eigenvalue weighted by Crippen LogP contribution is -2.09. The number of Topliss-reactive ketones (excluding diaryl/α,β-unsaturated/α-hetero) is 1. The molecule has 0 radical (unpaired) electrons. The molecule has 0 aliphatic heterocycles. The highest BCUT2D eigenvalue weighted by Gasteiger charge is 2.34. The molecular weight excluding hydrogens is 367 g/mol. The topological polar surface area (TPSA) is 17.1 Å². The van der Waals surface area contributed by atoms with E-state index < -0.39 is 0 Å². The summed E-state index contributed by atoms with van der Waals surface area (Å²) in [7, 11) is 0. The standard InChI is InChI=1S/C12H12BrIO/c1-14-10-5-3-2-4-9(10)11(13)12(15)8-6-7-8/h2-5,8,11H,1,6-7H2. The number of alkyl halides is 1. The summed E-state index contributed by atoms with van der Waals surface area (Å²) in [6, 6.07) is 8.14. The van der Waals surface area contributed by atoms with Gasteiger partial charge in [-0.1, -0.05) is 59.4 Å². The van der Waals surface area contributed by atoms with Crippen LogP contribution in [0.4, 0.5) is 0 Å². The molecule has 1 unspecified atom stereocenters. The second-order valence-corrected chi connectivity index (χ2v) is 6.53. The van der Waals surface area contributed by atoms with Crippen LogP contribution in [0, 0.1) is 9.49 Å². The summed E-state index contributed by atoms with van der Waals surface area (Å²) >= 11 is 3.32. The van der Waals surface area contributed by atoms with E-state index in [1.54, 1.807) is 0 Å². The Balaban J connectivity index is 2.27. The Bertz CT molecular complexity index is 398. The average Bonchev–Trinajstić information content (AvgIpc) is 3.11. The molecule has 80 valence electrons. The molecule has 1 fully saturated rings. The molecule has 0 N–H and O–H groups in total. The lowest BCUT2D eigenvalue weighted by atomic mass is 10.1. The first-order chi connectivity index (χ1) is 7.24. The molecule has 0 heterocycles. The van der Waals surface area contributed by atoms with E-state index in [2.05, 4.69) is 26.5 Å². The Morgan fingerprint density at radius 3 is 2.73 bits per heavy atom. The maximum Gasteiger partial charge on any atom is 0.154 e. The van der Waals surface area contributed by atoms with Gasteiger partial charge in [-0.15, -0.1) is 0 Å². The van der Waals surface area contributed by atoms with Gasteiger partial charge in [0.25, 0.3) is 0 Å². The highest BCUT2D eigenvalue weighted by atomic mass is 127. The lowest BCUT2D eigenvalue weighted by molar-refractivity contribution is -0.119. The smallest absolute Gasteiger partial charge is 0.154 e. The SMILES string of the molecule is C=Ic1ccccc1C(Br)C(=O)C1CC1. The second-order valence-electron chi connectivity index (χ2n) is 3.69. The fourth-order valence-corrected chi connectivity index (χ4v) is 4.12. The molecule has 1 aromatic rings. The van der Waals surface area contributed by atoms with E-state index in [0.717, 1.165) is 18.4 Å². The van der Waals surface area contributed by atoms with E-state index in [-0.39, 0.29) is 25.6 Å². The fraction of sp³-hybridized carbons (Fsp3) is 0.333. The maximum absolute atomic E-state index is 11.9. The van der Waals surface area contributed by atoms with Crippen LogP contribution in [-0.4, -0.2) is 10.3 Å². The van der Waals surface area contributed by atoms with Crippen molar-refractivity contribution in [3.05, 3.63) is 33.4 Å². The monoisotopic (exact) mass is 378 g/mol. The van der Waals surface area contributed by atoms with Gasteiger partial charge in [-0.2, -0.15) is 0 Å². The van der Waals surface area contributed by atoms with Crippen molar-refractivity contribution < 1.29 is 4.79 Å². The lowest BCUT2D eigenvalue weighted by Gasteiger charge is -2.11. The van der Waals surface area contributed by atoms with Crippen LogP contribution in [0.3, 0.4) is 0 Å². The first-order valence-corrected chi connectivity index (χ1v) is 8.41. The fourth-order valence-electron chi connectivity index (χ4n) is 1.53. The quantitative estimate of drug-likeness (QED) is 0.577. The van der Waals surface area contributed by atoms with Crippen LogP contribution in [0.5, 0.6) is 0 Å². The second kappa shape index (κ2) is 4.87. The molecular formula is C12H12BrIO. The molecule has 1 aromatic carbocycles. The van der Waals surface area contributed by atoms with Gasteiger partial charge in [-0.25, -0.2) is 0 Å². The summed E-state index contributed by atoms with van der Waals surface area (Å²) in [4.78, 5) is 11.8. The molecule has 0 amide bonds. The summed E-state index contributed by atoms with van der Waals surface area (Å²) in [5.41, 5.74) is 1.14. The van der Waals surface area contributed by atoms with Crippen LogP contribution in [0.1, 0.15) is 23.2 Å².